The maximum atomic E-state index is 11.3. The monoisotopic (exact) mass is 266 g/mol. The first kappa shape index (κ1) is 12.3. The first-order valence-corrected chi connectivity index (χ1v) is 6.10. The molecule has 0 spiro atoms. The summed E-state index contributed by atoms with van der Waals surface area (Å²) in [5, 5.41) is 1.28. The van der Waals surface area contributed by atoms with Gasteiger partial charge in [0.05, 0.1) is 5.30 Å². The highest BCUT2D eigenvalue weighted by Crippen LogP contribution is 2.12. The largest absolute Gasteiger partial charge is 0.331 e. The van der Waals surface area contributed by atoms with E-state index in [-0.39, 0.29) is 5.56 Å². The lowest BCUT2D eigenvalue weighted by Gasteiger charge is -2.10. The molecule has 88 valence electrons. The number of halogens is 1. The Bertz CT molecular complexity index is 610. The molecule has 17 heavy (non-hydrogen) atoms. The number of benzene rings is 1. The lowest BCUT2D eigenvalue weighted by atomic mass is 10.2. The van der Waals surface area contributed by atoms with Gasteiger partial charge >= 0.3 is 0 Å². The molecule has 1 unspecified atom stereocenters. The van der Waals surface area contributed by atoms with Crippen molar-refractivity contribution in [2.24, 2.45) is 0 Å². The van der Waals surface area contributed by atoms with Crippen molar-refractivity contribution in [1.82, 2.24) is 9.55 Å². The third kappa shape index (κ3) is 2.93. The third-order valence-electron chi connectivity index (χ3n) is 2.46. The van der Waals surface area contributed by atoms with E-state index in [0.717, 1.165) is 5.56 Å². The molecule has 0 aliphatic rings. The maximum Gasteiger partial charge on any atom is 0.280 e. The van der Waals surface area contributed by atoms with E-state index in [1.165, 1.54) is 0 Å². The standard InChI is InChI=1S/C12H12ClN2OP/c1-8-14-12(16)11(17)7-15(8)6-9-3-2-4-10(13)5-9/h2-5,7H,6,17H2,1H3. The summed E-state index contributed by atoms with van der Waals surface area (Å²) in [6.45, 7) is 2.47. The predicted octanol–water partition coefficient (Wildman–Crippen LogP) is 1.75. The summed E-state index contributed by atoms with van der Waals surface area (Å²) in [6, 6.07) is 7.64. The second-order valence-electron chi connectivity index (χ2n) is 3.81. The zero-order valence-electron chi connectivity index (χ0n) is 9.35. The molecule has 0 amide bonds. The minimum atomic E-state index is -0.199. The molecule has 0 saturated heterocycles. The van der Waals surface area contributed by atoms with E-state index < -0.39 is 0 Å². The Labute approximate surface area is 107 Å². The Morgan fingerprint density at radius 1 is 1.47 bits per heavy atom. The predicted molar refractivity (Wildman–Crippen MR) is 73.1 cm³/mol. The molecule has 0 aliphatic carbocycles. The lowest BCUT2D eigenvalue weighted by Crippen LogP contribution is -2.26. The average molecular weight is 267 g/mol. The molecule has 0 radical (unpaired) electrons. The minimum absolute atomic E-state index is 0.199. The second-order valence-corrected chi connectivity index (χ2v) is 4.86. The van der Waals surface area contributed by atoms with E-state index in [9.17, 15) is 4.79 Å². The molecule has 0 bridgehead atoms. The van der Waals surface area contributed by atoms with Gasteiger partial charge in [0.2, 0.25) is 0 Å². The first-order valence-electron chi connectivity index (χ1n) is 5.14. The van der Waals surface area contributed by atoms with Crippen LogP contribution in [0.4, 0.5) is 0 Å². The van der Waals surface area contributed by atoms with Gasteiger partial charge in [-0.2, -0.15) is 4.98 Å². The van der Waals surface area contributed by atoms with E-state index in [0.29, 0.717) is 22.7 Å². The highest BCUT2D eigenvalue weighted by atomic mass is 35.5. The summed E-state index contributed by atoms with van der Waals surface area (Å²) >= 11 is 5.93. The molecular formula is C12H12ClN2OP. The zero-order valence-corrected chi connectivity index (χ0v) is 11.3. The minimum Gasteiger partial charge on any atom is -0.331 e. The Kier molecular flexibility index (Phi) is 3.60. The number of aryl methyl sites for hydroxylation is 1. The molecule has 5 heteroatoms. The molecule has 2 aromatic rings. The Morgan fingerprint density at radius 2 is 2.24 bits per heavy atom. The van der Waals surface area contributed by atoms with Gasteiger partial charge in [-0.3, -0.25) is 4.79 Å². The lowest BCUT2D eigenvalue weighted by molar-refractivity contribution is 0.727. The molecule has 1 atom stereocenters. The van der Waals surface area contributed by atoms with Crippen LogP contribution in [0.1, 0.15) is 11.4 Å². The summed E-state index contributed by atoms with van der Waals surface area (Å²) < 4.78 is 1.93. The summed E-state index contributed by atoms with van der Waals surface area (Å²) in [6.07, 6.45) is 1.79. The molecule has 3 nitrogen and oxygen atoms in total. The highest BCUT2D eigenvalue weighted by molar-refractivity contribution is 7.27. The number of nitrogens with zero attached hydrogens (tertiary/aromatic N) is 2. The Morgan fingerprint density at radius 3 is 2.94 bits per heavy atom. The van der Waals surface area contributed by atoms with Crippen LogP contribution in [0.2, 0.25) is 5.02 Å². The van der Waals surface area contributed by atoms with E-state index in [1.54, 1.807) is 6.20 Å². The molecule has 1 aromatic carbocycles. The zero-order chi connectivity index (χ0) is 12.4. The summed E-state index contributed by atoms with van der Waals surface area (Å²) in [7, 11) is 2.40. The van der Waals surface area contributed by atoms with Crippen LogP contribution in [0.3, 0.4) is 0 Å². The second kappa shape index (κ2) is 4.99. The van der Waals surface area contributed by atoms with Gasteiger partial charge in [-0.15, -0.1) is 0 Å². The van der Waals surface area contributed by atoms with Gasteiger partial charge in [-0.1, -0.05) is 33.0 Å². The first-order chi connectivity index (χ1) is 8.06. The van der Waals surface area contributed by atoms with Gasteiger partial charge in [-0.05, 0) is 24.6 Å². The van der Waals surface area contributed by atoms with Crippen molar-refractivity contribution in [3.8, 4) is 0 Å². The molecule has 2 rings (SSSR count). The molecule has 0 N–H and O–H groups in total. The van der Waals surface area contributed by atoms with Crippen LogP contribution < -0.4 is 10.9 Å². The van der Waals surface area contributed by atoms with Crippen LogP contribution in [-0.4, -0.2) is 9.55 Å². The summed E-state index contributed by atoms with van der Waals surface area (Å²) in [5.41, 5.74) is 0.880. The topological polar surface area (TPSA) is 34.9 Å². The van der Waals surface area contributed by atoms with Gasteiger partial charge in [0, 0.05) is 17.8 Å². The van der Waals surface area contributed by atoms with Gasteiger partial charge < -0.3 is 4.57 Å². The van der Waals surface area contributed by atoms with Crippen molar-refractivity contribution in [2.45, 2.75) is 13.5 Å². The van der Waals surface area contributed by atoms with Crippen LogP contribution in [0.5, 0.6) is 0 Å². The average Bonchev–Trinajstić information content (AvgIpc) is 2.26. The van der Waals surface area contributed by atoms with Crippen LogP contribution in [0, 0.1) is 6.92 Å². The fourth-order valence-electron chi connectivity index (χ4n) is 1.58. The van der Waals surface area contributed by atoms with Crippen molar-refractivity contribution in [3.05, 3.63) is 57.2 Å². The van der Waals surface area contributed by atoms with Gasteiger partial charge in [0.15, 0.2) is 0 Å². The summed E-state index contributed by atoms with van der Waals surface area (Å²) in [4.78, 5) is 15.3. The van der Waals surface area contributed by atoms with Crippen molar-refractivity contribution >= 4 is 26.1 Å². The van der Waals surface area contributed by atoms with Crippen LogP contribution >= 0.6 is 20.8 Å². The van der Waals surface area contributed by atoms with Gasteiger partial charge in [0.1, 0.15) is 5.82 Å². The molecule has 0 fully saturated rings. The van der Waals surface area contributed by atoms with Crippen LogP contribution in [0.15, 0.2) is 35.3 Å². The van der Waals surface area contributed by atoms with Gasteiger partial charge in [0.25, 0.3) is 5.56 Å². The van der Waals surface area contributed by atoms with Crippen LogP contribution in [-0.2, 0) is 6.54 Å². The fraction of sp³-hybridized carbons (Fsp3) is 0.167. The Balaban J connectivity index is 2.36. The quantitative estimate of drug-likeness (QED) is 0.777. The summed E-state index contributed by atoms with van der Waals surface area (Å²) in [5.74, 6) is 0.696. The van der Waals surface area contributed by atoms with E-state index >= 15 is 0 Å². The Hall–Kier alpha value is -1.18. The van der Waals surface area contributed by atoms with E-state index in [2.05, 4.69) is 14.2 Å². The molecule has 1 heterocycles. The highest BCUT2D eigenvalue weighted by Gasteiger charge is 2.03. The molecular weight excluding hydrogens is 255 g/mol. The number of hydrogen-bond donors (Lipinski definition) is 0. The van der Waals surface area contributed by atoms with Crippen molar-refractivity contribution in [1.29, 1.82) is 0 Å². The fourth-order valence-corrected chi connectivity index (χ4v) is 2.04. The molecule has 0 saturated carbocycles. The number of rotatable bonds is 2. The van der Waals surface area contributed by atoms with Gasteiger partial charge in [-0.25, -0.2) is 0 Å². The van der Waals surface area contributed by atoms with E-state index in [1.807, 2.05) is 35.8 Å². The third-order valence-corrected chi connectivity index (χ3v) is 3.09. The normalized spacial score (nSPS) is 10.5. The van der Waals surface area contributed by atoms with Crippen molar-refractivity contribution < 1.29 is 0 Å². The molecule has 0 aliphatic heterocycles. The van der Waals surface area contributed by atoms with Crippen molar-refractivity contribution in [2.75, 3.05) is 0 Å². The van der Waals surface area contributed by atoms with E-state index in [4.69, 9.17) is 11.6 Å². The smallest absolute Gasteiger partial charge is 0.280 e. The SMILES string of the molecule is Cc1nc(=O)c(P)cn1Cc1cccc(Cl)c1. The van der Waals surface area contributed by atoms with Crippen LogP contribution in [0.25, 0.3) is 0 Å². The van der Waals surface area contributed by atoms with Crippen molar-refractivity contribution in [3.63, 3.8) is 0 Å². The molecule has 1 aromatic heterocycles. The number of aromatic nitrogens is 2. The number of hydrogen-bond acceptors (Lipinski definition) is 2. The maximum absolute atomic E-state index is 11.3.